The minimum Gasteiger partial charge on any atom is -0.508 e. The van der Waals surface area contributed by atoms with Gasteiger partial charge in [-0.2, -0.15) is 4.98 Å². The first kappa shape index (κ1) is 13.6. The van der Waals surface area contributed by atoms with Crippen LogP contribution in [0.3, 0.4) is 0 Å². The zero-order valence-corrected chi connectivity index (χ0v) is 10.9. The van der Waals surface area contributed by atoms with Crippen LogP contribution in [0.15, 0.2) is 30.3 Å². The second-order valence-electron chi connectivity index (χ2n) is 4.21. The van der Waals surface area contributed by atoms with Gasteiger partial charge >= 0.3 is 0 Å². The van der Waals surface area contributed by atoms with Gasteiger partial charge in [0.25, 0.3) is 0 Å². The van der Waals surface area contributed by atoms with Crippen molar-refractivity contribution in [2.75, 3.05) is 17.2 Å². The Labute approximate surface area is 115 Å². The smallest absolute Gasteiger partial charge is 0.236 e. The number of aromatic nitrogens is 2. The van der Waals surface area contributed by atoms with Crippen molar-refractivity contribution in [1.82, 2.24) is 9.97 Å². The number of primary amides is 1. The summed E-state index contributed by atoms with van der Waals surface area (Å²) in [6.07, 6.45) is 0. The zero-order chi connectivity index (χ0) is 14.5. The van der Waals surface area contributed by atoms with E-state index in [1.165, 1.54) is 0 Å². The quantitative estimate of drug-likeness (QED) is 0.649. The number of rotatable bonds is 5. The van der Waals surface area contributed by atoms with Gasteiger partial charge in [0.2, 0.25) is 11.9 Å². The molecule has 1 aromatic heterocycles. The Morgan fingerprint density at radius 2 is 2.15 bits per heavy atom. The third-order valence-electron chi connectivity index (χ3n) is 2.40. The maximum absolute atomic E-state index is 10.7. The molecule has 0 aliphatic heterocycles. The maximum Gasteiger partial charge on any atom is 0.236 e. The van der Waals surface area contributed by atoms with E-state index in [2.05, 4.69) is 20.6 Å². The summed E-state index contributed by atoms with van der Waals surface area (Å²) < 4.78 is 0. The number of carbonyl (C=O) groups excluding carboxylic acids is 1. The highest BCUT2D eigenvalue weighted by atomic mass is 16.3. The topological polar surface area (TPSA) is 113 Å². The van der Waals surface area contributed by atoms with E-state index < -0.39 is 5.91 Å². The van der Waals surface area contributed by atoms with Gasteiger partial charge in [0, 0.05) is 23.5 Å². The molecule has 5 N–H and O–H groups in total. The lowest BCUT2D eigenvalue weighted by Crippen LogP contribution is -2.22. The molecular formula is C13H15N5O2. The van der Waals surface area contributed by atoms with Crippen molar-refractivity contribution < 1.29 is 9.90 Å². The maximum atomic E-state index is 10.7. The average molecular weight is 273 g/mol. The molecule has 0 radical (unpaired) electrons. The summed E-state index contributed by atoms with van der Waals surface area (Å²) in [6.45, 7) is 1.81. The molecule has 0 unspecified atom stereocenters. The Hall–Kier alpha value is -2.83. The fourth-order valence-electron chi connectivity index (χ4n) is 1.61. The first-order valence-corrected chi connectivity index (χ1v) is 5.97. The number of nitrogens with one attached hydrogen (secondary N) is 2. The normalized spacial score (nSPS) is 10.1. The molecule has 1 aromatic carbocycles. The highest BCUT2D eigenvalue weighted by Crippen LogP contribution is 2.19. The number of amides is 1. The van der Waals surface area contributed by atoms with E-state index in [-0.39, 0.29) is 12.3 Å². The number of carbonyl (C=O) groups is 1. The molecule has 0 atom stereocenters. The molecule has 0 saturated carbocycles. The Kier molecular flexibility index (Phi) is 3.99. The molecule has 0 bridgehead atoms. The minimum atomic E-state index is -0.469. The van der Waals surface area contributed by atoms with Gasteiger partial charge in [0.1, 0.15) is 11.6 Å². The van der Waals surface area contributed by atoms with Crippen molar-refractivity contribution in [3.05, 3.63) is 36.0 Å². The number of aryl methyl sites for hydroxylation is 1. The van der Waals surface area contributed by atoms with Crippen molar-refractivity contribution in [3.63, 3.8) is 0 Å². The average Bonchev–Trinajstić information content (AvgIpc) is 2.35. The van der Waals surface area contributed by atoms with Gasteiger partial charge in [0.15, 0.2) is 0 Å². The summed E-state index contributed by atoms with van der Waals surface area (Å²) in [7, 11) is 0. The Bertz CT molecular complexity index is 630. The third-order valence-corrected chi connectivity index (χ3v) is 2.40. The standard InChI is InChI=1S/C13H15N5O2/c1-8-5-12(15-7-11(14)20)18-13(16-8)17-9-3-2-4-10(19)6-9/h2-6,19H,7H2,1H3,(H2,14,20)(H2,15,16,17,18). The summed E-state index contributed by atoms with van der Waals surface area (Å²) in [4.78, 5) is 19.2. The fraction of sp³-hybridized carbons (Fsp3) is 0.154. The van der Waals surface area contributed by atoms with Crippen LogP contribution in [0.5, 0.6) is 5.75 Å². The zero-order valence-electron chi connectivity index (χ0n) is 10.9. The molecule has 7 nitrogen and oxygen atoms in total. The van der Waals surface area contributed by atoms with Crippen molar-refractivity contribution in [1.29, 1.82) is 0 Å². The van der Waals surface area contributed by atoms with Crippen molar-refractivity contribution in [2.45, 2.75) is 6.92 Å². The second kappa shape index (κ2) is 5.87. The fourth-order valence-corrected chi connectivity index (χ4v) is 1.61. The summed E-state index contributed by atoms with van der Waals surface area (Å²) in [5.74, 6) is 0.542. The Morgan fingerprint density at radius 1 is 1.35 bits per heavy atom. The van der Waals surface area contributed by atoms with Gasteiger partial charge in [-0.25, -0.2) is 4.98 Å². The van der Waals surface area contributed by atoms with Gasteiger partial charge in [-0.1, -0.05) is 6.07 Å². The molecule has 0 aliphatic carbocycles. The minimum absolute atomic E-state index is 0.00200. The van der Waals surface area contributed by atoms with Crippen LogP contribution in [-0.4, -0.2) is 27.5 Å². The summed E-state index contributed by atoms with van der Waals surface area (Å²) in [5.41, 5.74) is 6.46. The molecule has 0 aliphatic rings. The van der Waals surface area contributed by atoms with Crippen molar-refractivity contribution in [3.8, 4) is 5.75 Å². The van der Waals surface area contributed by atoms with E-state index in [1.807, 2.05) is 6.92 Å². The van der Waals surface area contributed by atoms with E-state index in [0.717, 1.165) is 5.69 Å². The van der Waals surface area contributed by atoms with E-state index in [4.69, 9.17) is 5.73 Å². The lowest BCUT2D eigenvalue weighted by atomic mass is 10.3. The number of benzene rings is 1. The molecule has 2 aromatic rings. The van der Waals surface area contributed by atoms with E-state index in [0.29, 0.717) is 17.5 Å². The highest BCUT2D eigenvalue weighted by molar-refractivity contribution is 5.78. The van der Waals surface area contributed by atoms with Crippen LogP contribution < -0.4 is 16.4 Å². The molecule has 20 heavy (non-hydrogen) atoms. The van der Waals surface area contributed by atoms with Crippen LogP contribution in [0, 0.1) is 6.92 Å². The van der Waals surface area contributed by atoms with Gasteiger partial charge in [-0.3, -0.25) is 4.79 Å². The number of nitrogens with two attached hydrogens (primary N) is 1. The molecule has 0 fully saturated rings. The molecule has 2 rings (SSSR count). The first-order valence-electron chi connectivity index (χ1n) is 5.97. The van der Waals surface area contributed by atoms with Crippen LogP contribution in [0.2, 0.25) is 0 Å². The summed E-state index contributed by atoms with van der Waals surface area (Å²) in [5, 5.41) is 15.2. The van der Waals surface area contributed by atoms with E-state index >= 15 is 0 Å². The second-order valence-corrected chi connectivity index (χ2v) is 4.21. The summed E-state index contributed by atoms with van der Waals surface area (Å²) >= 11 is 0. The van der Waals surface area contributed by atoms with Gasteiger partial charge < -0.3 is 21.5 Å². The number of anilines is 3. The molecule has 104 valence electrons. The van der Waals surface area contributed by atoms with Gasteiger partial charge in [-0.15, -0.1) is 0 Å². The molecule has 0 saturated heterocycles. The lowest BCUT2D eigenvalue weighted by molar-refractivity contribution is -0.116. The molecule has 1 heterocycles. The predicted molar refractivity (Wildman–Crippen MR) is 75.8 cm³/mol. The largest absolute Gasteiger partial charge is 0.508 e. The van der Waals surface area contributed by atoms with Crippen molar-refractivity contribution in [2.24, 2.45) is 5.73 Å². The van der Waals surface area contributed by atoms with Crippen LogP contribution in [-0.2, 0) is 4.79 Å². The Morgan fingerprint density at radius 3 is 2.85 bits per heavy atom. The Balaban J connectivity index is 2.17. The number of aromatic hydroxyl groups is 1. The van der Waals surface area contributed by atoms with E-state index in [1.54, 1.807) is 30.3 Å². The SMILES string of the molecule is Cc1cc(NCC(N)=O)nc(Nc2cccc(O)c2)n1. The highest BCUT2D eigenvalue weighted by Gasteiger charge is 2.04. The molecule has 1 amide bonds. The van der Waals surface area contributed by atoms with E-state index in [9.17, 15) is 9.90 Å². The number of hydrogen-bond donors (Lipinski definition) is 4. The summed E-state index contributed by atoms with van der Waals surface area (Å²) in [6, 6.07) is 8.32. The first-order chi connectivity index (χ1) is 9.52. The van der Waals surface area contributed by atoms with Gasteiger partial charge in [-0.05, 0) is 19.1 Å². The number of hydrogen-bond acceptors (Lipinski definition) is 6. The number of phenolic OH excluding ortho intramolecular Hbond substituents is 1. The van der Waals surface area contributed by atoms with Crippen LogP contribution in [0.4, 0.5) is 17.5 Å². The number of phenols is 1. The van der Waals surface area contributed by atoms with Crippen LogP contribution in [0.25, 0.3) is 0 Å². The predicted octanol–water partition coefficient (Wildman–Crippen LogP) is 1.13. The molecule has 0 spiro atoms. The monoisotopic (exact) mass is 273 g/mol. The molecular weight excluding hydrogens is 258 g/mol. The van der Waals surface area contributed by atoms with Gasteiger partial charge in [0.05, 0.1) is 6.54 Å². The lowest BCUT2D eigenvalue weighted by Gasteiger charge is -2.09. The van der Waals surface area contributed by atoms with Crippen molar-refractivity contribution >= 4 is 23.4 Å². The van der Waals surface area contributed by atoms with Crippen LogP contribution >= 0.6 is 0 Å². The molecule has 7 heteroatoms. The number of nitrogens with zero attached hydrogens (tertiary/aromatic N) is 2. The third kappa shape index (κ3) is 3.84. The van der Waals surface area contributed by atoms with Crippen LogP contribution in [0.1, 0.15) is 5.69 Å².